The number of carbonyl (C=O) groups is 2. The molecule has 2 rings (SSSR count). The number of hydrogen-bond donors (Lipinski definition) is 2. The monoisotopic (exact) mass is 292 g/mol. The van der Waals surface area contributed by atoms with Gasteiger partial charge in [0.15, 0.2) is 0 Å². The van der Waals surface area contributed by atoms with E-state index in [0.29, 0.717) is 18.8 Å². The lowest BCUT2D eigenvalue weighted by atomic mass is 10.1. The SMILES string of the molecule is Cc1ccc(NC(=O)N2CCOCC2CC(=O)O)cc1C. The van der Waals surface area contributed by atoms with E-state index in [4.69, 9.17) is 9.84 Å². The van der Waals surface area contributed by atoms with Gasteiger partial charge in [-0.25, -0.2) is 4.79 Å². The maximum Gasteiger partial charge on any atom is 0.322 e. The molecule has 0 aromatic heterocycles. The number of carboxylic acid groups (broad SMARTS) is 1. The number of benzene rings is 1. The van der Waals surface area contributed by atoms with Gasteiger partial charge in [-0.15, -0.1) is 0 Å². The Balaban J connectivity index is 2.06. The summed E-state index contributed by atoms with van der Waals surface area (Å²) in [5, 5.41) is 11.7. The first-order valence-corrected chi connectivity index (χ1v) is 6.92. The minimum absolute atomic E-state index is 0.111. The van der Waals surface area contributed by atoms with Crippen LogP contribution in [0.25, 0.3) is 0 Å². The quantitative estimate of drug-likeness (QED) is 0.893. The Morgan fingerprint density at radius 3 is 2.81 bits per heavy atom. The number of hydrogen-bond acceptors (Lipinski definition) is 3. The van der Waals surface area contributed by atoms with Crippen molar-refractivity contribution in [1.29, 1.82) is 0 Å². The molecule has 1 saturated heterocycles. The Kier molecular flexibility index (Phi) is 4.80. The molecule has 114 valence electrons. The van der Waals surface area contributed by atoms with Crippen LogP contribution < -0.4 is 5.32 Å². The van der Waals surface area contributed by atoms with Gasteiger partial charge in [0.2, 0.25) is 0 Å². The minimum atomic E-state index is -0.936. The van der Waals surface area contributed by atoms with E-state index in [1.807, 2.05) is 32.0 Å². The van der Waals surface area contributed by atoms with E-state index in [9.17, 15) is 9.59 Å². The number of aryl methyl sites for hydroxylation is 2. The maximum absolute atomic E-state index is 12.3. The summed E-state index contributed by atoms with van der Waals surface area (Å²) >= 11 is 0. The number of amides is 2. The lowest BCUT2D eigenvalue weighted by Gasteiger charge is -2.34. The fourth-order valence-corrected chi connectivity index (χ4v) is 2.31. The number of urea groups is 1. The highest BCUT2D eigenvalue weighted by atomic mass is 16.5. The number of rotatable bonds is 3. The van der Waals surface area contributed by atoms with Gasteiger partial charge in [0, 0.05) is 12.2 Å². The van der Waals surface area contributed by atoms with E-state index in [0.717, 1.165) is 11.1 Å². The second-order valence-corrected chi connectivity index (χ2v) is 5.25. The van der Waals surface area contributed by atoms with E-state index >= 15 is 0 Å². The van der Waals surface area contributed by atoms with Crippen LogP contribution in [0.1, 0.15) is 17.5 Å². The third kappa shape index (κ3) is 3.95. The summed E-state index contributed by atoms with van der Waals surface area (Å²) in [5.41, 5.74) is 2.96. The van der Waals surface area contributed by atoms with Gasteiger partial charge in [-0.2, -0.15) is 0 Å². The molecule has 0 spiro atoms. The summed E-state index contributed by atoms with van der Waals surface area (Å²) in [6.45, 7) is 5.07. The summed E-state index contributed by atoms with van der Waals surface area (Å²) in [6.07, 6.45) is -0.111. The Hall–Kier alpha value is -2.08. The Morgan fingerprint density at radius 1 is 1.38 bits per heavy atom. The summed E-state index contributed by atoms with van der Waals surface area (Å²) < 4.78 is 5.26. The third-order valence-corrected chi connectivity index (χ3v) is 3.66. The van der Waals surface area contributed by atoms with Crippen molar-refractivity contribution in [1.82, 2.24) is 4.90 Å². The van der Waals surface area contributed by atoms with Crippen molar-refractivity contribution in [3.8, 4) is 0 Å². The third-order valence-electron chi connectivity index (χ3n) is 3.66. The Morgan fingerprint density at radius 2 is 2.14 bits per heavy atom. The number of carboxylic acids is 1. The molecule has 2 N–H and O–H groups in total. The van der Waals surface area contributed by atoms with E-state index in [1.165, 1.54) is 4.90 Å². The standard InChI is InChI=1S/C15H20N2O4/c1-10-3-4-12(7-11(10)2)16-15(20)17-5-6-21-9-13(17)8-14(18)19/h3-4,7,13H,5-6,8-9H2,1-2H3,(H,16,20)(H,18,19). The van der Waals surface area contributed by atoms with Crippen LogP contribution in [0.4, 0.5) is 10.5 Å². The fraction of sp³-hybridized carbons (Fsp3) is 0.467. The molecule has 1 aliphatic heterocycles. The second-order valence-electron chi connectivity index (χ2n) is 5.25. The first kappa shape index (κ1) is 15.3. The zero-order valence-corrected chi connectivity index (χ0v) is 12.3. The summed E-state index contributed by atoms with van der Waals surface area (Å²) in [6, 6.07) is 4.97. The van der Waals surface area contributed by atoms with Crippen molar-refractivity contribution < 1.29 is 19.4 Å². The van der Waals surface area contributed by atoms with E-state index < -0.39 is 12.0 Å². The maximum atomic E-state index is 12.3. The van der Waals surface area contributed by atoms with Gasteiger partial charge in [-0.1, -0.05) is 6.07 Å². The van der Waals surface area contributed by atoms with Crippen LogP contribution in [-0.4, -0.2) is 47.8 Å². The zero-order valence-electron chi connectivity index (χ0n) is 12.3. The molecule has 0 saturated carbocycles. The number of morpholine rings is 1. The smallest absolute Gasteiger partial charge is 0.322 e. The highest BCUT2D eigenvalue weighted by Gasteiger charge is 2.29. The number of nitrogens with one attached hydrogen (secondary N) is 1. The normalized spacial score (nSPS) is 18.4. The molecule has 21 heavy (non-hydrogen) atoms. The van der Waals surface area contributed by atoms with Crippen LogP contribution in [0.15, 0.2) is 18.2 Å². The van der Waals surface area contributed by atoms with Gasteiger partial charge < -0.3 is 20.1 Å². The lowest BCUT2D eigenvalue weighted by molar-refractivity contribution is -0.139. The molecule has 1 heterocycles. The molecular formula is C15H20N2O4. The molecule has 1 aliphatic rings. The zero-order chi connectivity index (χ0) is 15.4. The molecule has 0 bridgehead atoms. The minimum Gasteiger partial charge on any atom is -0.481 e. The van der Waals surface area contributed by atoms with Crippen LogP contribution in [0.3, 0.4) is 0 Å². The van der Waals surface area contributed by atoms with Crippen molar-refractivity contribution in [2.75, 3.05) is 25.1 Å². The Labute approximate surface area is 123 Å². The van der Waals surface area contributed by atoms with Crippen LogP contribution in [0.2, 0.25) is 0 Å². The topological polar surface area (TPSA) is 78.9 Å². The number of carbonyl (C=O) groups excluding carboxylic acids is 1. The summed E-state index contributed by atoms with van der Waals surface area (Å²) in [7, 11) is 0. The fourth-order valence-electron chi connectivity index (χ4n) is 2.31. The largest absolute Gasteiger partial charge is 0.481 e. The number of aliphatic carboxylic acids is 1. The molecule has 0 aliphatic carbocycles. The lowest BCUT2D eigenvalue weighted by Crippen LogP contribution is -2.51. The molecule has 1 aromatic rings. The molecule has 0 radical (unpaired) electrons. The van der Waals surface area contributed by atoms with E-state index in [-0.39, 0.29) is 19.1 Å². The summed E-state index contributed by atoms with van der Waals surface area (Å²) in [4.78, 5) is 24.7. The number of ether oxygens (including phenoxy) is 1. The van der Waals surface area contributed by atoms with E-state index in [1.54, 1.807) is 0 Å². The predicted molar refractivity (Wildman–Crippen MR) is 78.5 cm³/mol. The van der Waals surface area contributed by atoms with Gasteiger partial charge >= 0.3 is 12.0 Å². The van der Waals surface area contributed by atoms with Gasteiger partial charge in [0.25, 0.3) is 0 Å². The highest BCUT2D eigenvalue weighted by Crippen LogP contribution is 2.17. The van der Waals surface area contributed by atoms with Crippen molar-refractivity contribution in [2.45, 2.75) is 26.3 Å². The molecule has 1 aromatic carbocycles. The average Bonchev–Trinajstić information content (AvgIpc) is 2.43. The molecule has 2 amide bonds. The molecule has 1 atom stereocenters. The van der Waals surface area contributed by atoms with Crippen molar-refractivity contribution >= 4 is 17.7 Å². The van der Waals surface area contributed by atoms with Crippen LogP contribution in [0, 0.1) is 13.8 Å². The number of nitrogens with zero attached hydrogens (tertiary/aromatic N) is 1. The molecule has 6 heteroatoms. The van der Waals surface area contributed by atoms with Gasteiger partial charge in [-0.05, 0) is 37.1 Å². The Bertz CT molecular complexity index is 544. The van der Waals surface area contributed by atoms with Crippen molar-refractivity contribution in [3.05, 3.63) is 29.3 Å². The van der Waals surface area contributed by atoms with Gasteiger partial charge in [-0.3, -0.25) is 4.79 Å². The first-order chi connectivity index (χ1) is 9.97. The summed E-state index contributed by atoms with van der Waals surface area (Å²) in [5.74, 6) is -0.936. The molecule has 1 unspecified atom stereocenters. The predicted octanol–water partition coefficient (Wildman–Crippen LogP) is 2.01. The van der Waals surface area contributed by atoms with Gasteiger partial charge in [0.05, 0.1) is 25.7 Å². The van der Waals surface area contributed by atoms with Crippen molar-refractivity contribution in [3.63, 3.8) is 0 Å². The van der Waals surface area contributed by atoms with E-state index in [2.05, 4.69) is 5.32 Å². The van der Waals surface area contributed by atoms with Crippen molar-refractivity contribution in [2.24, 2.45) is 0 Å². The molecular weight excluding hydrogens is 272 g/mol. The average molecular weight is 292 g/mol. The number of anilines is 1. The van der Waals surface area contributed by atoms with Gasteiger partial charge in [0.1, 0.15) is 0 Å². The molecule has 6 nitrogen and oxygen atoms in total. The van der Waals surface area contributed by atoms with Crippen LogP contribution >= 0.6 is 0 Å². The van der Waals surface area contributed by atoms with Crippen LogP contribution in [0.5, 0.6) is 0 Å². The molecule has 1 fully saturated rings. The first-order valence-electron chi connectivity index (χ1n) is 6.92. The second kappa shape index (κ2) is 6.58. The van der Waals surface area contributed by atoms with Crippen LogP contribution in [-0.2, 0) is 9.53 Å². The highest BCUT2D eigenvalue weighted by molar-refractivity contribution is 5.90.